The van der Waals surface area contributed by atoms with Crippen LogP contribution < -0.4 is 0 Å². The molecule has 5 rings (SSSR count). The number of hydrogen-bond acceptors (Lipinski definition) is 5. The van der Waals surface area contributed by atoms with Gasteiger partial charge in [0.2, 0.25) is 10.0 Å². The predicted molar refractivity (Wildman–Crippen MR) is 146 cm³/mol. The second kappa shape index (κ2) is 11.6. The average molecular weight is 527 g/mol. The van der Waals surface area contributed by atoms with E-state index in [2.05, 4.69) is 26.9 Å². The number of halogens is 1. The van der Waals surface area contributed by atoms with Crippen molar-refractivity contribution in [2.45, 2.75) is 43.0 Å². The van der Waals surface area contributed by atoms with Gasteiger partial charge >= 0.3 is 0 Å². The molecule has 0 bridgehead atoms. The molecule has 0 spiro atoms. The third-order valence-electron chi connectivity index (χ3n) is 7.61. The first-order chi connectivity index (χ1) is 17.5. The Balaban J connectivity index is 1.31. The van der Waals surface area contributed by atoms with Gasteiger partial charge in [-0.05, 0) is 88.1 Å². The molecule has 6 nitrogen and oxygen atoms in total. The second-order valence-corrected chi connectivity index (χ2v) is 12.2. The van der Waals surface area contributed by atoms with Crippen molar-refractivity contribution in [3.05, 3.63) is 71.4 Å². The first kappa shape index (κ1) is 25.6. The molecule has 0 amide bonds. The number of benzene rings is 2. The number of rotatable bonds is 9. The molecule has 2 aliphatic heterocycles. The van der Waals surface area contributed by atoms with Gasteiger partial charge in [-0.15, -0.1) is 0 Å². The van der Waals surface area contributed by atoms with Crippen LogP contribution in [0.5, 0.6) is 0 Å². The lowest BCUT2D eigenvalue weighted by molar-refractivity contribution is 0.153. The summed E-state index contributed by atoms with van der Waals surface area (Å²) >= 11 is 6.02. The highest BCUT2D eigenvalue weighted by atomic mass is 35.5. The van der Waals surface area contributed by atoms with Crippen LogP contribution in [0, 0.1) is 0 Å². The van der Waals surface area contributed by atoms with Crippen LogP contribution in [-0.4, -0.2) is 79.4 Å². The first-order valence-electron chi connectivity index (χ1n) is 13.1. The number of sulfonamides is 1. The van der Waals surface area contributed by atoms with Crippen molar-refractivity contribution in [3.63, 3.8) is 0 Å². The van der Waals surface area contributed by atoms with Crippen molar-refractivity contribution >= 4 is 32.5 Å². The number of piperidine rings is 1. The largest absolute Gasteiger partial charge is 0.303 e. The summed E-state index contributed by atoms with van der Waals surface area (Å²) in [6.45, 7) is 6.22. The normalized spacial score (nSPS) is 18.4. The molecule has 0 aliphatic carbocycles. The van der Waals surface area contributed by atoms with E-state index in [0.29, 0.717) is 17.0 Å². The predicted octanol–water partition coefficient (Wildman–Crippen LogP) is 4.68. The monoisotopic (exact) mass is 526 g/mol. The van der Waals surface area contributed by atoms with Crippen LogP contribution in [0.1, 0.15) is 31.2 Å². The molecule has 192 valence electrons. The van der Waals surface area contributed by atoms with Crippen molar-refractivity contribution in [3.8, 4) is 0 Å². The molecule has 8 heteroatoms. The van der Waals surface area contributed by atoms with Crippen LogP contribution >= 0.6 is 11.6 Å². The molecule has 0 atom stereocenters. The second-order valence-electron chi connectivity index (χ2n) is 9.95. The van der Waals surface area contributed by atoms with E-state index in [1.807, 2.05) is 36.4 Å². The maximum Gasteiger partial charge on any atom is 0.245 e. The van der Waals surface area contributed by atoms with E-state index in [9.17, 15) is 8.42 Å². The molecule has 36 heavy (non-hydrogen) atoms. The molecule has 2 aliphatic rings. The fraction of sp³-hybridized carbons (Fsp3) is 0.464. The SMILES string of the molecule is O=S(=O)(c1cccc2cccnc12)N(CCN1CCCC1)C1CCN(CCc2ccc(Cl)cc2)CC1. The van der Waals surface area contributed by atoms with Gasteiger partial charge < -0.3 is 9.80 Å². The van der Waals surface area contributed by atoms with Gasteiger partial charge in [0.05, 0.1) is 5.52 Å². The van der Waals surface area contributed by atoms with Gasteiger partial charge in [-0.1, -0.05) is 41.9 Å². The summed E-state index contributed by atoms with van der Waals surface area (Å²) in [5.41, 5.74) is 1.84. The maximum absolute atomic E-state index is 14.1. The number of para-hydroxylation sites is 1. The summed E-state index contributed by atoms with van der Waals surface area (Å²) in [5.74, 6) is 0. The van der Waals surface area contributed by atoms with E-state index < -0.39 is 10.0 Å². The molecule has 2 fully saturated rings. The molecule has 0 unspecified atom stereocenters. The van der Waals surface area contributed by atoms with Crippen molar-refractivity contribution in [1.82, 2.24) is 19.1 Å². The zero-order chi connectivity index (χ0) is 25.0. The summed E-state index contributed by atoms with van der Waals surface area (Å²) < 4.78 is 30.0. The summed E-state index contributed by atoms with van der Waals surface area (Å²) in [6, 6.07) is 17.3. The van der Waals surface area contributed by atoms with E-state index in [-0.39, 0.29) is 6.04 Å². The summed E-state index contributed by atoms with van der Waals surface area (Å²) in [4.78, 5) is 9.62. The summed E-state index contributed by atoms with van der Waals surface area (Å²) in [6.07, 6.45) is 6.74. The molecule has 2 saturated heterocycles. The van der Waals surface area contributed by atoms with Gasteiger partial charge in [-0.3, -0.25) is 4.98 Å². The molecule has 1 aromatic heterocycles. The Labute approximate surface area is 219 Å². The highest BCUT2D eigenvalue weighted by molar-refractivity contribution is 7.89. The Bertz CT molecular complexity index is 1250. The molecular formula is C28H35ClN4O2S. The first-order valence-corrected chi connectivity index (χ1v) is 14.9. The molecule has 0 N–H and O–H groups in total. The topological polar surface area (TPSA) is 56.8 Å². The van der Waals surface area contributed by atoms with Crippen LogP contribution in [0.25, 0.3) is 10.9 Å². The van der Waals surface area contributed by atoms with Crippen LogP contribution in [0.15, 0.2) is 65.7 Å². The number of pyridine rings is 1. The lowest BCUT2D eigenvalue weighted by Crippen LogP contribution is -2.49. The minimum atomic E-state index is -3.68. The Kier molecular flexibility index (Phi) is 8.23. The Morgan fingerprint density at radius 2 is 1.58 bits per heavy atom. The molecule has 0 saturated carbocycles. The number of hydrogen-bond donors (Lipinski definition) is 0. The van der Waals surface area contributed by atoms with Gasteiger partial charge in [0, 0.05) is 42.3 Å². The molecular weight excluding hydrogens is 492 g/mol. The molecule has 0 radical (unpaired) electrons. The average Bonchev–Trinajstić information content (AvgIpc) is 3.42. The van der Waals surface area contributed by atoms with Crippen LogP contribution in [0.4, 0.5) is 0 Å². The van der Waals surface area contributed by atoms with Crippen LogP contribution in [-0.2, 0) is 16.4 Å². The van der Waals surface area contributed by atoms with Gasteiger partial charge in [-0.25, -0.2) is 8.42 Å². The van der Waals surface area contributed by atoms with Gasteiger partial charge in [0.25, 0.3) is 0 Å². The highest BCUT2D eigenvalue weighted by Gasteiger charge is 2.35. The lowest BCUT2D eigenvalue weighted by atomic mass is 10.0. The smallest absolute Gasteiger partial charge is 0.245 e. The number of fused-ring (bicyclic) bond motifs is 1. The fourth-order valence-electron chi connectivity index (χ4n) is 5.53. The van der Waals surface area contributed by atoms with Gasteiger partial charge in [-0.2, -0.15) is 4.31 Å². The summed E-state index contributed by atoms with van der Waals surface area (Å²) in [5, 5.41) is 1.62. The molecule has 3 heterocycles. The van der Waals surface area contributed by atoms with E-state index in [1.165, 1.54) is 18.4 Å². The van der Waals surface area contributed by atoms with E-state index >= 15 is 0 Å². The van der Waals surface area contributed by atoms with Crippen molar-refractivity contribution in [1.29, 1.82) is 0 Å². The fourth-order valence-corrected chi connectivity index (χ4v) is 7.49. The third-order valence-corrected chi connectivity index (χ3v) is 9.85. The van der Waals surface area contributed by atoms with E-state index in [4.69, 9.17) is 11.6 Å². The number of aromatic nitrogens is 1. The Morgan fingerprint density at radius 3 is 2.33 bits per heavy atom. The van der Waals surface area contributed by atoms with Gasteiger partial charge in [0.1, 0.15) is 4.90 Å². The van der Waals surface area contributed by atoms with Crippen molar-refractivity contribution < 1.29 is 8.42 Å². The quantitative estimate of drug-likeness (QED) is 0.405. The highest BCUT2D eigenvalue weighted by Crippen LogP contribution is 2.29. The number of likely N-dealkylation sites (tertiary alicyclic amines) is 2. The Morgan fingerprint density at radius 1 is 0.889 bits per heavy atom. The third kappa shape index (κ3) is 5.92. The molecule has 2 aromatic carbocycles. The zero-order valence-electron chi connectivity index (χ0n) is 20.7. The lowest BCUT2D eigenvalue weighted by Gasteiger charge is -2.38. The maximum atomic E-state index is 14.1. The van der Waals surface area contributed by atoms with Crippen LogP contribution in [0.3, 0.4) is 0 Å². The minimum absolute atomic E-state index is 0.00310. The van der Waals surface area contributed by atoms with Crippen molar-refractivity contribution in [2.24, 2.45) is 0 Å². The van der Waals surface area contributed by atoms with E-state index in [1.54, 1.807) is 16.6 Å². The van der Waals surface area contributed by atoms with E-state index in [0.717, 1.165) is 68.9 Å². The summed E-state index contributed by atoms with van der Waals surface area (Å²) in [7, 11) is -3.68. The van der Waals surface area contributed by atoms with Crippen molar-refractivity contribution in [2.75, 3.05) is 45.8 Å². The Hall–Kier alpha value is -2.03. The zero-order valence-corrected chi connectivity index (χ0v) is 22.3. The van der Waals surface area contributed by atoms with Crippen LogP contribution in [0.2, 0.25) is 5.02 Å². The minimum Gasteiger partial charge on any atom is -0.303 e. The standard InChI is InChI=1S/C28H35ClN4O2S/c29-25-10-8-23(9-11-25)12-18-32-19-13-26(14-20-32)33(22-21-31-16-1-2-17-31)36(34,35)27-7-3-5-24-6-4-15-30-28(24)27/h3-11,15,26H,1-2,12-14,16-22H2. The van der Waals surface area contributed by atoms with Gasteiger partial charge in [0.15, 0.2) is 0 Å². The number of nitrogens with zero attached hydrogens (tertiary/aromatic N) is 4. The molecule has 3 aromatic rings.